The summed E-state index contributed by atoms with van der Waals surface area (Å²) in [5.74, 6) is 0.432. The number of rotatable bonds is 6. The van der Waals surface area contributed by atoms with Crippen molar-refractivity contribution in [3.63, 3.8) is 0 Å². The van der Waals surface area contributed by atoms with Crippen molar-refractivity contribution in [1.82, 2.24) is 4.98 Å². The van der Waals surface area contributed by atoms with Crippen molar-refractivity contribution >= 4 is 11.8 Å². The molecule has 0 saturated heterocycles. The normalized spacial score (nSPS) is 15.1. The smallest absolute Gasteiger partial charge is 0.354 e. The van der Waals surface area contributed by atoms with E-state index in [2.05, 4.69) is 22.4 Å². The number of benzene rings is 1. The van der Waals surface area contributed by atoms with E-state index < -0.39 is 5.97 Å². The van der Waals surface area contributed by atoms with Gasteiger partial charge in [0.25, 0.3) is 0 Å². The fourth-order valence-corrected chi connectivity index (χ4v) is 2.58. The van der Waals surface area contributed by atoms with Crippen LogP contribution in [0.25, 0.3) is 0 Å². The van der Waals surface area contributed by atoms with Crippen molar-refractivity contribution < 1.29 is 14.6 Å². The molecule has 5 nitrogen and oxygen atoms in total. The average Bonchev–Trinajstić information content (AvgIpc) is 3.34. The summed E-state index contributed by atoms with van der Waals surface area (Å²) in [6.07, 6.45) is 2.21. The zero-order valence-corrected chi connectivity index (χ0v) is 12.4. The van der Waals surface area contributed by atoms with Crippen LogP contribution in [-0.4, -0.2) is 29.7 Å². The van der Waals surface area contributed by atoms with Crippen LogP contribution < -0.4 is 10.1 Å². The lowest BCUT2D eigenvalue weighted by atomic mass is 9.95. The van der Waals surface area contributed by atoms with Crippen LogP contribution >= 0.6 is 0 Å². The van der Waals surface area contributed by atoms with Gasteiger partial charge in [0.2, 0.25) is 0 Å². The molecule has 22 heavy (non-hydrogen) atoms. The quantitative estimate of drug-likeness (QED) is 0.858. The lowest BCUT2D eigenvalue weighted by Crippen LogP contribution is -2.20. The van der Waals surface area contributed by atoms with Gasteiger partial charge < -0.3 is 15.2 Å². The van der Waals surface area contributed by atoms with Crippen molar-refractivity contribution in [3.05, 3.63) is 53.7 Å². The minimum atomic E-state index is -1.02. The van der Waals surface area contributed by atoms with Gasteiger partial charge in [0, 0.05) is 12.0 Å². The maximum Gasteiger partial charge on any atom is 0.354 e. The minimum absolute atomic E-state index is 0.0521. The Hall–Kier alpha value is -2.56. The van der Waals surface area contributed by atoms with Gasteiger partial charge in [-0.2, -0.15) is 0 Å². The first-order valence-electron chi connectivity index (χ1n) is 7.22. The van der Waals surface area contributed by atoms with Crippen LogP contribution in [0.2, 0.25) is 0 Å². The number of anilines is 1. The summed E-state index contributed by atoms with van der Waals surface area (Å²) in [4.78, 5) is 15.0. The maximum atomic E-state index is 11.0. The first-order valence-corrected chi connectivity index (χ1v) is 7.22. The monoisotopic (exact) mass is 298 g/mol. The Morgan fingerprint density at radius 3 is 2.77 bits per heavy atom. The van der Waals surface area contributed by atoms with Crippen LogP contribution in [0.3, 0.4) is 0 Å². The van der Waals surface area contributed by atoms with E-state index in [9.17, 15) is 4.79 Å². The van der Waals surface area contributed by atoms with E-state index in [4.69, 9.17) is 9.84 Å². The van der Waals surface area contributed by atoms with Crippen molar-refractivity contribution in [2.75, 3.05) is 19.0 Å². The fraction of sp³-hybridized carbons (Fsp3) is 0.294. The third-order valence-electron chi connectivity index (χ3n) is 4.11. The van der Waals surface area contributed by atoms with Gasteiger partial charge in [0.05, 0.1) is 7.11 Å². The molecule has 114 valence electrons. The number of nitrogens with one attached hydrogen (secondary N) is 1. The predicted molar refractivity (Wildman–Crippen MR) is 83.6 cm³/mol. The molecule has 0 unspecified atom stereocenters. The summed E-state index contributed by atoms with van der Waals surface area (Å²) in [7, 11) is 1.66. The summed E-state index contributed by atoms with van der Waals surface area (Å²) in [5.41, 5.74) is 1.39. The summed E-state index contributed by atoms with van der Waals surface area (Å²) in [6.45, 7) is 0.732. The van der Waals surface area contributed by atoms with Crippen LogP contribution in [0.5, 0.6) is 5.75 Å². The number of aromatic nitrogens is 1. The number of hydrogen-bond acceptors (Lipinski definition) is 4. The molecule has 0 bridgehead atoms. The molecule has 1 aliphatic carbocycles. The van der Waals surface area contributed by atoms with Crippen molar-refractivity contribution in [2.45, 2.75) is 18.3 Å². The Morgan fingerprint density at radius 1 is 1.32 bits per heavy atom. The lowest BCUT2D eigenvalue weighted by molar-refractivity contribution is 0.0690. The Labute approximate surface area is 129 Å². The number of pyridine rings is 1. The maximum absolute atomic E-state index is 11.0. The molecule has 0 atom stereocenters. The standard InChI is InChI=1S/C17H18N2O3/c1-22-13-5-2-4-12(10-13)17(8-9-17)11-18-15-7-3-6-14(19-15)16(20)21/h2-7,10H,8-9,11H2,1H3,(H,18,19)(H,20,21). The number of carboxylic acid groups (broad SMARTS) is 1. The van der Waals surface area contributed by atoms with Gasteiger partial charge in [-0.25, -0.2) is 9.78 Å². The SMILES string of the molecule is COc1cccc(C2(CNc3cccc(C(=O)O)n3)CC2)c1. The Morgan fingerprint density at radius 2 is 2.09 bits per heavy atom. The zero-order chi connectivity index (χ0) is 15.6. The molecule has 1 aromatic heterocycles. The Balaban J connectivity index is 1.73. The number of carbonyl (C=O) groups is 1. The number of hydrogen-bond donors (Lipinski definition) is 2. The molecule has 1 aliphatic rings. The van der Waals surface area contributed by atoms with E-state index in [-0.39, 0.29) is 11.1 Å². The second-order valence-electron chi connectivity index (χ2n) is 5.58. The lowest BCUT2D eigenvalue weighted by Gasteiger charge is -2.18. The highest BCUT2D eigenvalue weighted by molar-refractivity contribution is 5.85. The largest absolute Gasteiger partial charge is 0.497 e. The highest BCUT2D eigenvalue weighted by Crippen LogP contribution is 2.48. The highest BCUT2D eigenvalue weighted by atomic mass is 16.5. The molecule has 0 aliphatic heterocycles. The molecular formula is C17H18N2O3. The third kappa shape index (κ3) is 2.88. The van der Waals surface area contributed by atoms with Gasteiger partial charge in [-0.05, 0) is 42.7 Å². The van der Waals surface area contributed by atoms with Crippen LogP contribution in [0.4, 0.5) is 5.82 Å². The van der Waals surface area contributed by atoms with Crippen LogP contribution in [0.15, 0.2) is 42.5 Å². The van der Waals surface area contributed by atoms with Gasteiger partial charge in [0.1, 0.15) is 11.6 Å². The van der Waals surface area contributed by atoms with Gasteiger partial charge in [0.15, 0.2) is 5.69 Å². The number of aromatic carboxylic acids is 1. The molecule has 0 radical (unpaired) electrons. The van der Waals surface area contributed by atoms with Crippen molar-refractivity contribution in [2.24, 2.45) is 0 Å². The molecule has 3 rings (SSSR count). The van der Waals surface area contributed by atoms with Gasteiger partial charge in [-0.1, -0.05) is 18.2 Å². The Bertz CT molecular complexity index is 696. The first-order chi connectivity index (χ1) is 10.6. The Kier molecular flexibility index (Phi) is 3.71. The van der Waals surface area contributed by atoms with Crippen LogP contribution in [0, 0.1) is 0 Å². The van der Waals surface area contributed by atoms with Gasteiger partial charge in [-0.15, -0.1) is 0 Å². The van der Waals surface area contributed by atoms with E-state index in [1.165, 1.54) is 11.6 Å². The van der Waals surface area contributed by atoms with E-state index in [1.807, 2.05) is 12.1 Å². The second-order valence-corrected chi connectivity index (χ2v) is 5.58. The zero-order valence-electron chi connectivity index (χ0n) is 12.4. The molecule has 1 aromatic carbocycles. The molecule has 0 spiro atoms. The summed E-state index contributed by atoms with van der Waals surface area (Å²) in [6, 6.07) is 13.1. The summed E-state index contributed by atoms with van der Waals surface area (Å²) >= 11 is 0. The van der Waals surface area contributed by atoms with Crippen LogP contribution in [-0.2, 0) is 5.41 Å². The molecule has 0 amide bonds. The molecular weight excluding hydrogens is 280 g/mol. The average molecular weight is 298 g/mol. The van der Waals surface area contributed by atoms with E-state index in [0.717, 1.165) is 25.1 Å². The van der Waals surface area contributed by atoms with Crippen molar-refractivity contribution in [3.8, 4) is 5.75 Å². The van der Waals surface area contributed by atoms with Crippen molar-refractivity contribution in [1.29, 1.82) is 0 Å². The van der Waals surface area contributed by atoms with Gasteiger partial charge >= 0.3 is 5.97 Å². The minimum Gasteiger partial charge on any atom is -0.497 e. The molecule has 2 aromatic rings. The third-order valence-corrected chi connectivity index (χ3v) is 4.11. The number of ether oxygens (including phenoxy) is 1. The second kappa shape index (κ2) is 5.67. The van der Waals surface area contributed by atoms with E-state index in [1.54, 1.807) is 19.2 Å². The summed E-state index contributed by atoms with van der Waals surface area (Å²) in [5, 5.41) is 12.2. The first kappa shape index (κ1) is 14.4. The fourth-order valence-electron chi connectivity index (χ4n) is 2.58. The van der Waals surface area contributed by atoms with Gasteiger partial charge in [-0.3, -0.25) is 0 Å². The number of carboxylic acids is 1. The van der Waals surface area contributed by atoms with Crippen LogP contribution in [0.1, 0.15) is 28.9 Å². The topological polar surface area (TPSA) is 71.5 Å². The summed E-state index contributed by atoms with van der Waals surface area (Å²) < 4.78 is 5.28. The molecule has 2 N–H and O–H groups in total. The molecule has 5 heteroatoms. The molecule has 1 saturated carbocycles. The number of nitrogens with zero attached hydrogens (tertiary/aromatic N) is 1. The molecule has 1 heterocycles. The van der Waals surface area contributed by atoms with E-state index in [0.29, 0.717) is 5.82 Å². The number of methoxy groups -OCH3 is 1. The van der Waals surface area contributed by atoms with E-state index >= 15 is 0 Å². The molecule has 1 fully saturated rings. The highest BCUT2D eigenvalue weighted by Gasteiger charge is 2.44. The predicted octanol–water partition coefficient (Wildman–Crippen LogP) is 2.93.